The Morgan fingerprint density at radius 1 is 1.33 bits per heavy atom. The number of rotatable bonds is 3. The fourth-order valence-electron chi connectivity index (χ4n) is 0.931. The molecule has 0 saturated carbocycles. The zero-order valence-corrected chi connectivity index (χ0v) is 7.60. The van der Waals surface area contributed by atoms with Gasteiger partial charge < -0.3 is 10.5 Å². The number of carbonyl (C=O) groups is 1. The highest BCUT2D eigenvalue weighted by Gasteiger charge is 2.15. The number of alkyl halides is 1. The Kier molecular flexibility index (Phi) is 3.54. The molecule has 0 aliphatic carbocycles. The second-order valence-electron chi connectivity index (χ2n) is 2.68. The van der Waals surface area contributed by atoms with Crippen LogP contribution in [-0.2, 0) is 4.74 Å². The molecule has 2 N–H and O–H groups in total. The molecule has 6 heteroatoms. The van der Waals surface area contributed by atoms with Gasteiger partial charge in [-0.05, 0) is 6.07 Å². The van der Waals surface area contributed by atoms with E-state index in [1.165, 1.54) is 0 Å². The van der Waals surface area contributed by atoms with Crippen molar-refractivity contribution >= 4 is 11.7 Å². The molecule has 0 amide bonds. The zero-order valence-electron chi connectivity index (χ0n) is 7.60. The number of hydrogen-bond acceptors (Lipinski definition) is 3. The summed E-state index contributed by atoms with van der Waals surface area (Å²) in [6.07, 6.45) is 0. The molecule has 1 aromatic carbocycles. The summed E-state index contributed by atoms with van der Waals surface area (Å²) in [5.74, 6) is -3.13. The van der Waals surface area contributed by atoms with Gasteiger partial charge in [-0.1, -0.05) is 0 Å². The topological polar surface area (TPSA) is 52.3 Å². The van der Waals surface area contributed by atoms with Gasteiger partial charge in [0.1, 0.15) is 24.9 Å². The van der Waals surface area contributed by atoms with E-state index in [9.17, 15) is 18.0 Å². The molecule has 0 unspecified atom stereocenters. The average Bonchev–Trinajstić information content (AvgIpc) is 2.20. The summed E-state index contributed by atoms with van der Waals surface area (Å²) in [6, 6.07) is 1.28. The third-order valence-corrected chi connectivity index (χ3v) is 1.62. The molecule has 15 heavy (non-hydrogen) atoms. The molecule has 0 spiro atoms. The standard InChI is InChI=1S/C9H8F3NO2/c10-1-2-15-9(14)5-3-8(13)7(12)4-6(5)11/h3-4H,1-2,13H2. The zero-order chi connectivity index (χ0) is 11.4. The van der Waals surface area contributed by atoms with E-state index in [-0.39, 0.29) is 5.69 Å². The van der Waals surface area contributed by atoms with Gasteiger partial charge in [-0.3, -0.25) is 0 Å². The van der Waals surface area contributed by atoms with E-state index in [1.807, 2.05) is 0 Å². The van der Waals surface area contributed by atoms with Crippen molar-refractivity contribution in [1.29, 1.82) is 0 Å². The summed E-state index contributed by atoms with van der Waals surface area (Å²) in [5.41, 5.74) is 4.25. The average molecular weight is 219 g/mol. The van der Waals surface area contributed by atoms with Gasteiger partial charge in [-0.25, -0.2) is 18.0 Å². The Labute approximate surface area is 83.6 Å². The molecule has 0 saturated heterocycles. The van der Waals surface area contributed by atoms with Gasteiger partial charge in [0.05, 0.1) is 11.3 Å². The van der Waals surface area contributed by atoms with Crippen molar-refractivity contribution in [3.63, 3.8) is 0 Å². The quantitative estimate of drug-likeness (QED) is 0.621. The summed E-state index contributed by atoms with van der Waals surface area (Å²) in [6.45, 7) is -1.35. The van der Waals surface area contributed by atoms with Crippen molar-refractivity contribution in [2.24, 2.45) is 0 Å². The molecule has 82 valence electrons. The lowest BCUT2D eigenvalue weighted by Gasteiger charge is -2.05. The molecule has 0 radical (unpaired) electrons. The molecule has 0 heterocycles. The van der Waals surface area contributed by atoms with Gasteiger partial charge in [0.25, 0.3) is 0 Å². The van der Waals surface area contributed by atoms with Crippen LogP contribution in [0.4, 0.5) is 18.9 Å². The Morgan fingerprint density at radius 3 is 2.60 bits per heavy atom. The SMILES string of the molecule is Nc1cc(C(=O)OCCF)c(F)cc1F. The minimum atomic E-state index is -1.09. The fraction of sp³-hybridized carbons (Fsp3) is 0.222. The van der Waals surface area contributed by atoms with Crippen LogP contribution in [0.15, 0.2) is 12.1 Å². The first-order valence-electron chi connectivity index (χ1n) is 4.04. The molecule has 0 aliphatic rings. The summed E-state index contributed by atoms with van der Waals surface area (Å²) in [7, 11) is 0. The van der Waals surface area contributed by atoms with Crippen LogP contribution in [0.2, 0.25) is 0 Å². The minimum absolute atomic E-state index is 0.372. The Bertz CT molecular complexity index is 382. The van der Waals surface area contributed by atoms with E-state index in [0.29, 0.717) is 6.07 Å². The number of carbonyl (C=O) groups excluding carboxylic acids is 1. The first-order chi connectivity index (χ1) is 7.06. The lowest BCUT2D eigenvalue weighted by atomic mass is 10.2. The van der Waals surface area contributed by atoms with Gasteiger partial charge in [-0.15, -0.1) is 0 Å². The van der Waals surface area contributed by atoms with E-state index < -0.39 is 36.4 Å². The molecule has 0 fully saturated rings. The van der Waals surface area contributed by atoms with Crippen LogP contribution in [0, 0.1) is 11.6 Å². The van der Waals surface area contributed by atoms with Gasteiger partial charge in [0.2, 0.25) is 0 Å². The number of nitrogens with two attached hydrogens (primary N) is 1. The molecular formula is C9H8F3NO2. The molecule has 3 nitrogen and oxygen atoms in total. The number of benzene rings is 1. The summed E-state index contributed by atoms with van der Waals surface area (Å²) < 4.78 is 41.7. The lowest BCUT2D eigenvalue weighted by Crippen LogP contribution is -2.10. The number of anilines is 1. The Balaban J connectivity index is 2.94. The van der Waals surface area contributed by atoms with Gasteiger partial charge >= 0.3 is 5.97 Å². The van der Waals surface area contributed by atoms with Crippen LogP contribution in [0.3, 0.4) is 0 Å². The van der Waals surface area contributed by atoms with E-state index in [2.05, 4.69) is 4.74 Å². The maximum absolute atomic E-state index is 13.0. The largest absolute Gasteiger partial charge is 0.459 e. The highest BCUT2D eigenvalue weighted by Crippen LogP contribution is 2.17. The van der Waals surface area contributed by atoms with E-state index in [4.69, 9.17) is 5.73 Å². The molecule has 1 rings (SSSR count). The summed E-state index contributed by atoms with van der Waals surface area (Å²) in [5, 5.41) is 0. The van der Waals surface area contributed by atoms with Crippen molar-refractivity contribution < 1.29 is 22.7 Å². The van der Waals surface area contributed by atoms with Crippen LogP contribution >= 0.6 is 0 Å². The lowest BCUT2D eigenvalue weighted by molar-refractivity contribution is 0.0476. The number of hydrogen-bond donors (Lipinski definition) is 1. The smallest absolute Gasteiger partial charge is 0.341 e. The third kappa shape index (κ3) is 2.61. The van der Waals surface area contributed by atoms with Crippen LogP contribution in [0.25, 0.3) is 0 Å². The number of esters is 1. The summed E-state index contributed by atoms with van der Waals surface area (Å²) in [4.78, 5) is 11.1. The van der Waals surface area contributed by atoms with Crippen LogP contribution < -0.4 is 5.73 Å². The summed E-state index contributed by atoms with van der Waals surface area (Å²) >= 11 is 0. The predicted octanol–water partition coefficient (Wildman–Crippen LogP) is 1.67. The minimum Gasteiger partial charge on any atom is -0.459 e. The normalized spacial score (nSPS) is 10.1. The molecular weight excluding hydrogens is 211 g/mol. The molecule has 0 aromatic heterocycles. The number of nitrogen functional groups attached to an aromatic ring is 1. The van der Waals surface area contributed by atoms with Gasteiger partial charge in [0.15, 0.2) is 0 Å². The Hall–Kier alpha value is -1.72. The van der Waals surface area contributed by atoms with E-state index in [1.54, 1.807) is 0 Å². The highest BCUT2D eigenvalue weighted by molar-refractivity contribution is 5.90. The van der Waals surface area contributed by atoms with Gasteiger partial charge in [-0.2, -0.15) is 0 Å². The first-order valence-corrected chi connectivity index (χ1v) is 4.04. The van der Waals surface area contributed by atoms with E-state index >= 15 is 0 Å². The van der Waals surface area contributed by atoms with E-state index in [0.717, 1.165) is 6.07 Å². The first kappa shape index (κ1) is 11.4. The van der Waals surface area contributed by atoms with Crippen molar-refractivity contribution in [2.45, 2.75) is 0 Å². The molecule has 0 aliphatic heterocycles. The second-order valence-corrected chi connectivity index (χ2v) is 2.68. The van der Waals surface area contributed by atoms with Crippen molar-refractivity contribution in [3.05, 3.63) is 29.3 Å². The maximum Gasteiger partial charge on any atom is 0.341 e. The fourth-order valence-corrected chi connectivity index (χ4v) is 0.931. The number of halogens is 3. The molecule has 1 aromatic rings. The van der Waals surface area contributed by atoms with Gasteiger partial charge in [0, 0.05) is 6.07 Å². The third-order valence-electron chi connectivity index (χ3n) is 1.62. The second kappa shape index (κ2) is 4.68. The highest BCUT2D eigenvalue weighted by atomic mass is 19.1. The van der Waals surface area contributed by atoms with Crippen LogP contribution in [0.1, 0.15) is 10.4 Å². The monoisotopic (exact) mass is 219 g/mol. The Morgan fingerprint density at radius 2 is 2.00 bits per heavy atom. The molecule has 0 bridgehead atoms. The molecule has 0 atom stereocenters. The van der Waals surface area contributed by atoms with Crippen LogP contribution in [-0.4, -0.2) is 19.3 Å². The van der Waals surface area contributed by atoms with Crippen molar-refractivity contribution in [3.8, 4) is 0 Å². The van der Waals surface area contributed by atoms with Crippen molar-refractivity contribution in [1.82, 2.24) is 0 Å². The number of ether oxygens (including phenoxy) is 1. The van der Waals surface area contributed by atoms with Crippen molar-refractivity contribution in [2.75, 3.05) is 19.0 Å². The predicted molar refractivity (Wildman–Crippen MR) is 47.0 cm³/mol. The van der Waals surface area contributed by atoms with Crippen LogP contribution in [0.5, 0.6) is 0 Å². The maximum atomic E-state index is 13.0.